The van der Waals surface area contributed by atoms with E-state index in [-0.39, 0.29) is 33.8 Å². The lowest BCUT2D eigenvalue weighted by Gasteiger charge is -2.36. The summed E-state index contributed by atoms with van der Waals surface area (Å²) in [5, 5.41) is 20.1. The second kappa shape index (κ2) is 10.8. The van der Waals surface area contributed by atoms with Gasteiger partial charge >= 0.3 is 5.97 Å². The standard InChI is InChI=1S/C24H27ClN6O4S/c1-13-12-31(6-4-15(13)10-17(32)19-16(11-26)18(25)14(2)28-19)24-29-20(21(36-24)23(33)34)22-27-5-7-30(22)8-9-35-3/h5,7,13,15,28H,4,6,8-10,12H2,1-3H3,(H,33,34)/t13-,15-/m0/s1. The van der Waals surface area contributed by atoms with Crippen molar-refractivity contribution in [1.29, 1.82) is 5.26 Å². The number of carbonyl (C=O) groups excluding carboxylic acids is 1. The first-order valence-electron chi connectivity index (χ1n) is 11.6. The van der Waals surface area contributed by atoms with Crippen molar-refractivity contribution in [3.8, 4) is 17.6 Å². The lowest BCUT2D eigenvalue weighted by molar-refractivity contribution is 0.0702. The van der Waals surface area contributed by atoms with Crippen LogP contribution in [0.25, 0.3) is 11.5 Å². The Bertz CT molecular complexity index is 1320. The number of carbonyl (C=O) groups is 2. The molecule has 2 N–H and O–H groups in total. The second-order valence-electron chi connectivity index (χ2n) is 8.94. The number of carboxylic acid groups (broad SMARTS) is 1. The van der Waals surface area contributed by atoms with Gasteiger partial charge in [0.1, 0.15) is 22.3 Å². The summed E-state index contributed by atoms with van der Waals surface area (Å²) in [4.78, 5) is 39.2. The largest absolute Gasteiger partial charge is 0.477 e. The van der Waals surface area contributed by atoms with E-state index in [0.717, 1.165) is 17.8 Å². The minimum Gasteiger partial charge on any atom is -0.477 e. The molecule has 0 amide bonds. The van der Waals surface area contributed by atoms with Gasteiger partial charge in [-0.15, -0.1) is 0 Å². The number of methoxy groups -OCH3 is 1. The maximum Gasteiger partial charge on any atom is 0.348 e. The number of H-pyrrole nitrogens is 1. The highest BCUT2D eigenvalue weighted by atomic mass is 35.5. The second-order valence-corrected chi connectivity index (χ2v) is 10.3. The molecule has 1 saturated heterocycles. The van der Waals surface area contributed by atoms with Crippen LogP contribution < -0.4 is 4.90 Å². The summed E-state index contributed by atoms with van der Waals surface area (Å²) in [5.41, 5.74) is 1.42. The molecule has 12 heteroatoms. The van der Waals surface area contributed by atoms with Gasteiger partial charge in [-0.05, 0) is 25.2 Å². The number of aromatic nitrogens is 4. The number of carboxylic acids is 1. The van der Waals surface area contributed by atoms with Crippen LogP contribution in [0.15, 0.2) is 12.4 Å². The molecule has 1 fully saturated rings. The molecule has 0 aliphatic carbocycles. The third-order valence-corrected chi connectivity index (χ3v) is 8.15. The number of thiazole rings is 1. The fraction of sp³-hybridized carbons (Fsp3) is 0.458. The molecule has 4 heterocycles. The molecule has 0 radical (unpaired) electrons. The van der Waals surface area contributed by atoms with Crippen molar-refractivity contribution >= 4 is 39.8 Å². The van der Waals surface area contributed by atoms with Gasteiger partial charge in [0.25, 0.3) is 0 Å². The van der Waals surface area contributed by atoms with Crippen LogP contribution >= 0.6 is 22.9 Å². The number of piperidine rings is 1. The Hall–Kier alpha value is -3.20. The molecule has 10 nitrogen and oxygen atoms in total. The predicted octanol–water partition coefficient (Wildman–Crippen LogP) is 4.25. The average Bonchev–Trinajstić information content (AvgIpc) is 3.56. The molecule has 36 heavy (non-hydrogen) atoms. The number of nitrogens with zero attached hydrogens (tertiary/aromatic N) is 5. The van der Waals surface area contributed by atoms with Crippen molar-refractivity contribution in [2.24, 2.45) is 11.8 Å². The van der Waals surface area contributed by atoms with Crippen LogP contribution in [0, 0.1) is 30.1 Å². The summed E-state index contributed by atoms with van der Waals surface area (Å²) < 4.78 is 6.97. The number of aryl methyl sites for hydroxylation is 1. The Morgan fingerprint density at radius 2 is 2.22 bits per heavy atom. The number of hydrogen-bond donors (Lipinski definition) is 2. The van der Waals surface area contributed by atoms with Crippen LogP contribution in [0.5, 0.6) is 0 Å². The topological polar surface area (TPSA) is 137 Å². The van der Waals surface area contributed by atoms with E-state index in [1.165, 1.54) is 0 Å². The molecule has 190 valence electrons. The van der Waals surface area contributed by atoms with Crippen molar-refractivity contribution < 1.29 is 19.4 Å². The van der Waals surface area contributed by atoms with Crippen LogP contribution in [0.1, 0.15) is 51.2 Å². The van der Waals surface area contributed by atoms with Gasteiger partial charge in [0.05, 0.1) is 17.2 Å². The molecule has 3 aromatic heterocycles. The number of halogens is 1. The number of ether oxygens (including phenoxy) is 1. The Morgan fingerprint density at radius 3 is 2.89 bits per heavy atom. The van der Waals surface area contributed by atoms with Crippen molar-refractivity contribution in [3.05, 3.63) is 39.2 Å². The summed E-state index contributed by atoms with van der Waals surface area (Å²) in [7, 11) is 1.61. The highest BCUT2D eigenvalue weighted by Gasteiger charge is 2.32. The van der Waals surface area contributed by atoms with Crippen LogP contribution in [-0.4, -0.2) is 63.2 Å². The molecule has 2 atom stereocenters. The zero-order valence-corrected chi connectivity index (χ0v) is 21.8. The number of aromatic amines is 1. The van der Waals surface area contributed by atoms with Crippen molar-refractivity contribution in [3.63, 3.8) is 0 Å². The fourth-order valence-corrected chi connectivity index (χ4v) is 5.68. The Balaban J connectivity index is 1.50. The number of Topliss-reactive ketones (excluding diaryl/α,β-unsaturated/α-hetero) is 1. The molecule has 0 aromatic carbocycles. The summed E-state index contributed by atoms with van der Waals surface area (Å²) >= 11 is 7.29. The quantitative estimate of drug-likeness (QED) is 0.392. The summed E-state index contributed by atoms with van der Waals surface area (Å²) in [6, 6.07) is 2.03. The first-order chi connectivity index (χ1) is 17.2. The molecule has 1 aliphatic rings. The van der Waals surface area contributed by atoms with Gasteiger partial charge in [0.2, 0.25) is 0 Å². The monoisotopic (exact) mass is 530 g/mol. The van der Waals surface area contributed by atoms with E-state index < -0.39 is 5.97 Å². The van der Waals surface area contributed by atoms with Crippen LogP contribution in [0.4, 0.5) is 5.13 Å². The van der Waals surface area contributed by atoms with E-state index in [0.29, 0.717) is 60.0 Å². The number of nitriles is 1. The molecule has 3 aromatic rings. The molecule has 0 saturated carbocycles. The predicted molar refractivity (Wildman–Crippen MR) is 136 cm³/mol. The number of hydrogen-bond acceptors (Lipinski definition) is 8. The third kappa shape index (κ3) is 5.02. The maximum absolute atomic E-state index is 13.0. The molecule has 0 unspecified atom stereocenters. The van der Waals surface area contributed by atoms with Crippen LogP contribution in [0.2, 0.25) is 5.02 Å². The molecule has 1 aliphatic heterocycles. The van der Waals surface area contributed by atoms with E-state index in [4.69, 9.17) is 16.3 Å². The lowest BCUT2D eigenvalue weighted by atomic mass is 9.83. The number of ketones is 1. The van der Waals surface area contributed by atoms with Crippen molar-refractivity contribution in [2.45, 2.75) is 33.2 Å². The summed E-state index contributed by atoms with van der Waals surface area (Å²) in [5.74, 6) is -0.400. The zero-order chi connectivity index (χ0) is 26.0. The van der Waals surface area contributed by atoms with E-state index in [1.807, 2.05) is 10.6 Å². The fourth-order valence-electron chi connectivity index (χ4n) is 4.56. The number of imidazole rings is 1. The minimum atomic E-state index is -1.04. The third-order valence-electron chi connectivity index (χ3n) is 6.58. The number of aromatic carboxylic acids is 1. The molecule has 0 bridgehead atoms. The Morgan fingerprint density at radius 1 is 1.44 bits per heavy atom. The molecule has 0 spiro atoms. The van der Waals surface area contributed by atoms with E-state index in [2.05, 4.69) is 26.8 Å². The highest BCUT2D eigenvalue weighted by molar-refractivity contribution is 7.17. The molecular weight excluding hydrogens is 504 g/mol. The number of nitrogens with one attached hydrogen (secondary N) is 1. The van der Waals surface area contributed by atoms with Gasteiger partial charge in [0.15, 0.2) is 16.7 Å². The van der Waals surface area contributed by atoms with Crippen molar-refractivity contribution in [2.75, 3.05) is 31.7 Å². The van der Waals surface area contributed by atoms with E-state index in [9.17, 15) is 20.0 Å². The Labute approximate surface area is 217 Å². The maximum atomic E-state index is 13.0. The molecule has 4 rings (SSSR count). The minimum absolute atomic E-state index is 0.119. The number of anilines is 1. The van der Waals surface area contributed by atoms with Crippen molar-refractivity contribution in [1.82, 2.24) is 19.5 Å². The normalized spacial score (nSPS) is 17.8. The Kier molecular flexibility index (Phi) is 7.78. The van der Waals surface area contributed by atoms with Gasteiger partial charge in [0, 0.05) is 51.3 Å². The lowest BCUT2D eigenvalue weighted by Crippen LogP contribution is -2.40. The van der Waals surface area contributed by atoms with Gasteiger partial charge in [-0.25, -0.2) is 14.8 Å². The summed E-state index contributed by atoms with van der Waals surface area (Å²) in [6.45, 7) is 6.09. The van der Waals surface area contributed by atoms with Gasteiger partial charge in [-0.1, -0.05) is 29.9 Å². The van der Waals surface area contributed by atoms with Crippen LogP contribution in [0.3, 0.4) is 0 Å². The smallest absolute Gasteiger partial charge is 0.348 e. The SMILES string of the molecule is COCCn1ccnc1-c1nc(N2CC[C@@H](CC(=O)c3[nH]c(C)c(Cl)c3C#N)[C@@H](C)C2)sc1C(=O)O. The average molecular weight is 531 g/mol. The van der Waals surface area contributed by atoms with Gasteiger partial charge < -0.3 is 24.3 Å². The van der Waals surface area contributed by atoms with E-state index in [1.54, 1.807) is 26.4 Å². The molecular formula is C24H27ClN6O4S. The zero-order valence-electron chi connectivity index (χ0n) is 20.2. The van der Waals surface area contributed by atoms with E-state index >= 15 is 0 Å². The summed E-state index contributed by atoms with van der Waals surface area (Å²) in [6.07, 6.45) is 4.44. The highest BCUT2D eigenvalue weighted by Crippen LogP contribution is 2.37. The van der Waals surface area contributed by atoms with Gasteiger partial charge in [-0.3, -0.25) is 4.79 Å². The first-order valence-corrected chi connectivity index (χ1v) is 12.7. The van der Waals surface area contributed by atoms with Crippen LogP contribution in [-0.2, 0) is 11.3 Å². The number of rotatable bonds is 9. The van der Waals surface area contributed by atoms with Gasteiger partial charge in [-0.2, -0.15) is 5.26 Å². The first kappa shape index (κ1) is 25.9.